The molecule has 1 N–H and O–H groups in total. The molecule has 0 aromatic carbocycles. The van der Waals surface area contributed by atoms with Crippen LogP contribution in [0.25, 0.3) is 0 Å². The fraction of sp³-hybridized carbons (Fsp3) is 0.412. The summed E-state index contributed by atoms with van der Waals surface area (Å²) in [6.07, 6.45) is 5.99. The molecule has 0 radical (unpaired) electrons. The molecule has 5 heteroatoms. The Balaban J connectivity index is 1.72. The average molecular weight is 299 g/mol. The number of ether oxygens (including phenoxy) is 1. The maximum absolute atomic E-state index is 12.3. The van der Waals surface area contributed by atoms with Gasteiger partial charge in [-0.25, -0.2) is 0 Å². The lowest BCUT2D eigenvalue weighted by Gasteiger charge is -2.15. The Morgan fingerprint density at radius 2 is 2.36 bits per heavy atom. The van der Waals surface area contributed by atoms with E-state index >= 15 is 0 Å². The average Bonchev–Trinajstić information content (AvgIpc) is 3.03. The quantitative estimate of drug-likeness (QED) is 0.919. The third-order valence-electron chi connectivity index (χ3n) is 3.96. The van der Waals surface area contributed by atoms with Crippen molar-refractivity contribution in [2.24, 2.45) is 0 Å². The topological polar surface area (TPSA) is 56.1 Å². The first-order chi connectivity index (χ1) is 10.7. The number of rotatable bonds is 5. The van der Waals surface area contributed by atoms with Gasteiger partial charge in [0.15, 0.2) is 0 Å². The Morgan fingerprint density at radius 1 is 1.45 bits per heavy atom. The van der Waals surface area contributed by atoms with Gasteiger partial charge in [0.05, 0.1) is 12.6 Å². The minimum absolute atomic E-state index is 0.00121. The predicted molar refractivity (Wildman–Crippen MR) is 86.2 cm³/mol. The van der Waals surface area contributed by atoms with E-state index in [4.69, 9.17) is 4.74 Å². The lowest BCUT2D eigenvalue weighted by atomic mass is 10.2. The second kappa shape index (κ2) is 6.75. The molecular formula is C17H21N3O2. The summed E-state index contributed by atoms with van der Waals surface area (Å²) < 4.78 is 7.34. The number of anilines is 1. The molecule has 0 bridgehead atoms. The lowest BCUT2D eigenvalue weighted by molar-refractivity contribution is 0.120. The lowest BCUT2D eigenvalue weighted by Crippen LogP contribution is -2.24. The van der Waals surface area contributed by atoms with Gasteiger partial charge in [0.25, 0.3) is 5.56 Å². The van der Waals surface area contributed by atoms with E-state index in [-0.39, 0.29) is 11.7 Å². The van der Waals surface area contributed by atoms with Gasteiger partial charge in [-0.3, -0.25) is 9.78 Å². The summed E-state index contributed by atoms with van der Waals surface area (Å²) in [5.74, 6) is 0. The highest BCUT2D eigenvalue weighted by Crippen LogP contribution is 2.14. The van der Waals surface area contributed by atoms with Gasteiger partial charge in [-0.15, -0.1) is 0 Å². The van der Waals surface area contributed by atoms with Gasteiger partial charge in [0.1, 0.15) is 0 Å². The highest BCUT2D eigenvalue weighted by atomic mass is 16.5. The van der Waals surface area contributed by atoms with Crippen molar-refractivity contribution >= 4 is 5.69 Å². The smallest absolute Gasteiger partial charge is 0.253 e. The van der Waals surface area contributed by atoms with E-state index in [0.717, 1.165) is 42.9 Å². The third kappa shape index (κ3) is 3.54. The van der Waals surface area contributed by atoms with Crippen molar-refractivity contribution in [1.82, 2.24) is 9.55 Å². The second-order valence-corrected chi connectivity index (χ2v) is 5.69. The summed E-state index contributed by atoms with van der Waals surface area (Å²) in [7, 11) is 0. The van der Waals surface area contributed by atoms with Crippen molar-refractivity contribution in [2.45, 2.75) is 32.4 Å². The summed E-state index contributed by atoms with van der Waals surface area (Å²) in [5.41, 5.74) is 2.82. The summed E-state index contributed by atoms with van der Waals surface area (Å²) in [6.45, 7) is 4.10. The van der Waals surface area contributed by atoms with Crippen LogP contribution in [0.3, 0.4) is 0 Å². The Kier molecular flexibility index (Phi) is 4.53. The Hall–Kier alpha value is -2.14. The van der Waals surface area contributed by atoms with E-state index in [1.54, 1.807) is 23.0 Å². The number of nitrogens with zero attached hydrogens (tertiary/aromatic N) is 2. The molecule has 1 saturated heterocycles. The van der Waals surface area contributed by atoms with Crippen LogP contribution in [0.4, 0.5) is 5.69 Å². The molecule has 22 heavy (non-hydrogen) atoms. The monoisotopic (exact) mass is 299 g/mol. The molecule has 0 spiro atoms. The Labute approximate surface area is 130 Å². The van der Waals surface area contributed by atoms with Crippen molar-refractivity contribution < 1.29 is 4.74 Å². The zero-order valence-corrected chi connectivity index (χ0v) is 12.8. The molecule has 1 aliphatic rings. The van der Waals surface area contributed by atoms with Crippen molar-refractivity contribution in [3.05, 3.63) is 58.3 Å². The molecule has 0 saturated carbocycles. The normalized spacial score (nSPS) is 17.6. The molecule has 2 aromatic rings. The van der Waals surface area contributed by atoms with Gasteiger partial charge in [0, 0.05) is 43.0 Å². The van der Waals surface area contributed by atoms with Crippen molar-refractivity contribution in [2.75, 3.05) is 18.5 Å². The number of aromatic nitrogens is 2. The summed E-state index contributed by atoms with van der Waals surface area (Å²) >= 11 is 0. The molecule has 0 amide bonds. The molecular weight excluding hydrogens is 278 g/mol. The highest BCUT2D eigenvalue weighted by Gasteiger charge is 2.15. The van der Waals surface area contributed by atoms with Crippen LogP contribution in [0.1, 0.15) is 24.1 Å². The van der Waals surface area contributed by atoms with Crippen LogP contribution in [0.15, 0.2) is 41.5 Å². The Morgan fingerprint density at radius 3 is 3.05 bits per heavy atom. The molecule has 1 fully saturated rings. The van der Waals surface area contributed by atoms with Crippen LogP contribution in [0.2, 0.25) is 0 Å². The van der Waals surface area contributed by atoms with Gasteiger partial charge in [-0.05, 0) is 37.5 Å². The van der Waals surface area contributed by atoms with Gasteiger partial charge in [-0.1, -0.05) is 6.07 Å². The van der Waals surface area contributed by atoms with E-state index in [1.165, 1.54) is 0 Å². The maximum atomic E-state index is 12.3. The fourth-order valence-corrected chi connectivity index (χ4v) is 2.75. The van der Waals surface area contributed by atoms with Crippen LogP contribution in [-0.2, 0) is 11.3 Å². The van der Waals surface area contributed by atoms with Crippen LogP contribution in [0, 0.1) is 6.92 Å². The van der Waals surface area contributed by atoms with Gasteiger partial charge in [-0.2, -0.15) is 0 Å². The van der Waals surface area contributed by atoms with Crippen molar-refractivity contribution in [3.8, 4) is 0 Å². The number of hydrogen-bond acceptors (Lipinski definition) is 4. The molecule has 5 nitrogen and oxygen atoms in total. The van der Waals surface area contributed by atoms with Crippen LogP contribution in [-0.4, -0.2) is 28.8 Å². The fourth-order valence-electron chi connectivity index (χ4n) is 2.75. The van der Waals surface area contributed by atoms with Crippen LogP contribution in [0.5, 0.6) is 0 Å². The molecule has 1 aliphatic heterocycles. The number of hydrogen-bond donors (Lipinski definition) is 1. The van der Waals surface area contributed by atoms with Gasteiger partial charge >= 0.3 is 0 Å². The van der Waals surface area contributed by atoms with Gasteiger partial charge in [0.2, 0.25) is 0 Å². The highest BCUT2D eigenvalue weighted by molar-refractivity contribution is 5.43. The standard InChI is InChI=1S/C17H21N3O2/c1-13-8-15(19-11-16-5-3-7-22-16)9-17(21)20(13)12-14-4-2-6-18-10-14/h2,4,6,8-10,16,19H,3,5,7,11-12H2,1H3. The SMILES string of the molecule is Cc1cc(NCC2CCCO2)cc(=O)n1Cc1cccnc1. The first-order valence-corrected chi connectivity index (χ1v) is 7.68. The first kappa shape index (κ1) is 14.8. The van der Waals surface area contributed by atoms with E-state index < -0.39 is 0 Å². The number of pyridine rings is 2. The summed E-state index contributed by atoms with van der Waals surface area (Å²) in [5, 5.41) is 3.31. The zero-order chi connectivity index (χ0) is 15.4. The molecule has 2 aromatic heterocycles. The first-order valence-electron chi connectivity index (χ1n) is 7.68. The molecule has 3 rings (SSSR count). The molecule has 116 valence electrons. The number of nitrogens with one attached hydrogen (secondary N) is 1. The molecule has 0 aliphatic carbocycles. The minimum Gasteiger partial charge on any atom is -0.382 e. The van der Waals surface area contributed by atoms with E-state index in [9.17, 15) is 4.79 Å². The van der Waals surface area contributed by atoms with Gasteiger partial charge < -0.3 is 14.6 Å². The second-order valence-electron chi connectivity index (χ2n) is 5.69. The van der Waals surface area contributed by atoms with Crippen molar-refractivity contribution in [1.29, 1.82) is 0 Å². The van der Waals surface area contributed by atoms with Crippen LogP contribution >= 0.6 is 0 Å². The number of aryl methyl sites for hydroxylation is 1. The predicted octanol–water partition coefficient (Wildman–Crippen LogP) is 2.19. The van der Waals surface area contributed by atoms with E-state index in [2.05, 4.69) is 10.3 Å². The summed E-state index contributed by atoms with van der Waals surface area (Å²) in [6, 6.07) is 7.51. The molecule has 3 heterocycles. The minimum atomic E-state index is -0.00121. The van der Waals surface area contributed by atoms with E-state index in [1.807, 2.05) is 25.1 Å². The maximum Gasteiger partial charge on any atom is 0.253 e. The zero-order valence-electron chi connectivity index (χ0n) is 12.8. The van der Waals surface area contributed by atoms with E-state index in [0.29, 0.717) is 6.54 Å². The largest absolute Gasteiger partial charge is 0.382 e. The molecule has 1 unspecified atom stereocenters. The Bertz CT molecular complexity index is 676. The van der Waals surface area contributed by atoms with Crippen molar-refractivity contribution in [3.63, 3.8) is 0 Å². The summed E-state index contributed by atoms with van der Waals surface area (Å²) in [4.78, 5) is 16.4. The van der Waals surface area contributed by atoms with Crippen LogP contribution < -0.4 is 10.9 Å². The third-order valence-corrected chi connectivity index (χ3v) is 3.96. The molecule has 1 atom stereocenters.